The van der Waals surface area contributed by atoms with Crippen molar-refractivity contribution < 1.29 is 25.5 Å². The maximum Gasteiger partial charge on any atom is 0.111 e. The van der Waals surface area contributed by atoms with Gasteiger partial charge in [-0.1, -0.05) is 31.2 Å². The zero-order valence-corrected chi connectivity index (χ0v) is 13.4. The number of benzene rings is 1. The van der Waals surface area contributed by atoms with Crippen LogP contribution in [-0.4, -0.2) is 74.5 Å². The van der Waals surface area contributed by atoms with Gasteiger partial charge in [0.25, 0.3) is 0 Å². The third-order valence-corrected chi connectivity index (χ3v) is 3.88. The molecule has 0 heterocycles. The maximum atomic E-state index is 10.0. The molecule has 0 aliphatic rings. The number of aliphatic hydroxyl groups is 5. The second-order valence-electron chi connectivity index (χ2n) is 5.65. The van der Waals surface area contributed by atoms with Gasteiger partial charge in [-0.15, -0.1) is 0 Å². The average Bonchev–Trinajstić information content (AvgIpc) is 2.59. The van der Waals surface area contributed by atoms with Gasteiger partial charge in [-0.05, 0) is 17.7 Å². The molecule has 0 bridgehead atoms. The molecule has 0 amide bonds. The van der Waals surface area contributed by atoms with Gasteiger partial charge >= 0.3 is 0 Å². The zero-order chi connectivity index (χ0) is 17.4. The summed E-state index contributed by atoms with van der Waals surface area (Å²) in [5.74, 6) is 0. The predicted octanol–water partition coefficient (Wildman–Crippen LogP) is -1.60. The number of hydrogen-bond donors (Lipinski definition) is 6. The number of nitrogens with two attached hydrogens (primary N) is 1. The minimum Gasteiger partial charge on any atom is -0.394 e. The topological polar surface area (TPSA) is 130 Å². The van der Waals surface area contributed by atoms with E-state index in [-0.39, 0.29) is 6.54 Å². The Bertz CT molecular complexity index is 443. The Morgan fingerprint density at radius 3 is 1.96 bits per heavy atom. The van der Waals surface area contributed by atoms with E-state index in [9.17, 15) is 20.4 Å². The number of nitrogens with zero attached hydrogens (tertiary/aromatic N) is 1. The summed E-state index contributed by atoms with van der Waals surface area (Å²) in [5, 5.41) is 47.6. The molecule has 23 heavy (non-hydrogen) atoms. The summed E-state index contributed by atoms with van der Waals surface area (Å²) < 4.78 is 0. The van der Waals surface area contributed by atoms with Crippen LogP contribution in [0.4, 0.5) is 0 Å². The summed E-state index contributed by atoms with van der Waals surface area (Å²) in [4.78, 5) is 1.91. The first-order valence-electron chi connectivity index (χ1n) is 7.76. The van der Waals surface area contributed by atoms with Crippen molar-refractivity contribution in [1.29, 1.82) is 0 Å². The predicted molar refractivity (Wildman–Crippen MR) is 86.4 cm³/mol. The van der Waals surface area contributed by atoms with Crippen molar-refractivity contribution >= 4 is 0 Å². The molecule has 0 aliphatic carbocycles. The van der Waals surface area contributed by atoms with Crippen LogP contribution in [0.1, 0.15) is 18.1 Å². The van der Waals surface area contributed by atoms with E-state index in [1.165, 1.54) is 0 Å². The van der Waals surface area contributed by atoms with Gasteiger partial charge in [-0.2, -0.15) is 0 Å². The first-order valence-corrected chi connectivity index (χ1v) is 7.76. The molecule has 1 rings (SSSR count). The Morgan fingerprint density at radius 1 is 0.957 bits per heavy atom. The summed E-state index contributed by atoms with van der Waals surface area (Å²) >= 11 is 0. The van der Waals surface area contributed by atoms with Crippen LogP contribution in [0.25, 0.3) is 0 Å². The summed E-state index contributed by atoms with van der Waals surface area (Å²) in [7, 11) is 0. The third kappa shape index (κ3) is 6.15. The highest BCUT2D eigenvalue weighted by molar-refractivity contribution is 5.22. The van der Waals surface area contributed by atoms with E-state index >= 15 is 0 Å². The molecule has 0 aliphatic heterocycles. The van der Waals surface area contributed by atoms with Crippen molar-refractivity contribution in [2.75, 3.05) is 19.7 Å². The van der Waals surface area contributed by atoms with Crippen LogP contribution < -0.4 is 5.73 Å². The first kappa shape index (κ1) is 20.0. The van der Waals surface area contributed by atoms with Gasteiger partial charge in [-0.3, -0.25) is 4.90 Å². The Balaban J connectivity index is 2.60. The average molecular weight is 328 g/mol. The minimum atomic E-state index is -1.60. The highest BCUT2D eigenvalue weighted by Gasteiger charge is 2.30. The number of aliphatic hydroxyl groups excluding tert-OH is 5. The Labute approximate surface area is 136 Å². The molecule has 0 saturated heterocycles. The Morgan fingerprint density at radius 2 is 1.48 bits per heavy atom. The molecular weight excluding hydrogens is 300 g/mol. The van der Waals surface area contributed by atoms with Gasteiger partial charge in [0, 0.05) is 19.6 Å². The molecule has 132 valence electrons. The van der Waals surface area contributed by atoms with Crippen LogP contribution >= 0.6 is 0 Å². The van der Waals surface area contributed by atoms with Crippen molar-refractivity contribution in [1.82, 2.24) is 4.90 Å². The zero-order valence-electron chi connectivity index (χ0n) is 13.4. The smallest absolute Gasteiger partial charge is 0.111 e. The molecule has 1 aromatic rings. The summed E-state index contributed by atoms with van der Waals surface area (Å²) in [6.07, 6.45) is -5.86. The molecule has 0 saturated carbocycles. The first-order chi connectivity index (χ1) is 10.9. The molecule has 7 nitrogen and oxygen atoms in total. The standard InChI is InChI=1S/C16H28N2O5/c1-2-18(8-12-5-3-11(7-17)4-6-12)9-13(20)15(22)16(23)14(21)10-19/h3-6,13-16,19-23H,2,7-10,17H2,1H3/t13-,14+,15+,16+/m0/s1. The fourth-order valence-electron chi connectivity index (χ4n) is 2.28. The lowest BCUT2D eigenvalue weighted by molar-refractivity contribution is -0.119. The van der Waals surface area contributed by atoms with E-state index in [2.05, 4.69) is 0 Å². The van der Waals surface area contributed by atoms with E-state index in [4.69, 9.17) is 10.8 Å². The van der Waals surface area contributed by atoms with E-state index in [1.54, 1.807) is 0 Å². The van der Waals surface area contributed by atoms with Crippen LogP contribution in [-0.2, 0) is 13.1 Å². The molecule has 7 N–H and O–H groups in total. The van der Waals surface area contributed by atoms with Gasteiger partial charge in [-0.25, -0.2) is 0 Å². The molecule has 4 atom stereocenters. The molecule has 0 fully saturated rings. The fourth-order valence-corrected chi connectivity index (χ4v) is 2.28. The van der Waals surface area contributed by atoms with Gasteiger partial charge in [0.2, 0.25) is 0 Å². The minimum absolute atomic E-state index is 0.130. The maximum absolute atomic E-state index is 10.0. The molecule has 1 aromatic carbocycles. The van der Waals surface area contributed by atoms with Crippen LogP contribution in [0.5, 0.6) is 0 Å². The lowest BCUT2D eigenvalue weighted by Crippen LogP contribution is -2.49. The summed E-state index contributed by atoms with van der Waals surface area (Å²) in [6.45, 7) is 3.06. The van der Waals surface area contributed by atoms with Crippen LogP contribution in [0.15, 0.2) is 24.3 Å². The lowest BCUT2D eigenvalue weighted by atomic mass is 10.0. The molecule has 0 aromatic heterocycles. The number of rotatable bonds is 10. The molecule has 0 spiro atoms. The molecule has 0 unspecified atom stereocenters. The largest absolute Gasteiger partial charge is 0.394 e. The molecule has 7 heteroatoms. The van der Waals surface area contributed by atoms with E-state index in [0.717, 1.165) is 11.1 Å². The van der Waals surface area contributed by atoms with Crippen molar-refractivity contribution in [2.45, 2.75) is 44.4 Å². The van der Waals surface area contributed by atoms with Crippen molar-refractivity contribution in [3.05, 3.63) is 35.4 Å². The van der Waals surface area contributed by atoms with Gasteiger partial charge in [0.1, 0.15) is 18.3 Å². The number of likely N-dealkylation sites (N-methyl/N-ethyl adjacent to an activating group) is 1. The SMILES string of the molecule is CCN(Cc1ccc(CN)cc1)C[C@H](O)[C@@H](O)[C@H](O)[C@H](O)CO. The number of hydrogen-bond acceptors (Lipinski definition) is 7. The highest BCUT2D eigenvalue weighted by atomic mass is 16.4. The molecular formula is C16H28N2O5. The van der Waals surface area contributed by atoms with Crippen LogP contribution in [0.3, 0.4) is 0 Å². The van der Waals surface area contributed by atoms with Crippen LogP contribution in [0.2, 0.25) is 0 Å². The quantitative estimate of drug-likeness (QED) is 0.305. The third-order valence-electron chi connectivity index (χ3n) is 3.88. The van der Waals surface area contributed by atoms with Crippen molar-refractivity contribution in [3.63, 3.8) is 0 Å². The second-order valence-corrected chi connectivity index (χ2v) is 5.65. The fraction of sp³-hybridized carbons (Fsp3) is 0.625. The Kier molecular flexibility index (Phi) is 8.64. The van der Waals surface area contributed by atoms with Gasteiger partial charge in [0.15, 0.2) is 0 Å². The van der Waals surface area contributed by atoms with Crippen molar-refractivity contribution in [3.8, 4) is 0 Å². The lowest BCUT2D eigenvalue weighted by Gasteiger charge is -2.29. The highest BCUT2D eigenvalue weighted by Crippen LogP contribution is 2.11. The van der Waals surface area contributed by atoms with Crippen LogP contribution in [0, 0.1) is 0 Å². The summed E-state index contributed by atoms with van der Waals surface area (Å²) in [6, 6.07) is 7.79. The van der Waals surface area contributed by atoms with E-state index < -0.39 is 31.0 Å². The van der Waals surface area contributed by atoms with E-state index in [1.807, 2.05) is 36.1 Å². The summed E-state index contributed by atoms with van der Waals surface area (Å²) in [5.41, 5.74) is 7.64. The van der Waals surface area contributed by atoms with Crippen molar-refractivity contribution in [2.24, 2.45) is 5.73 Å². The normalized spacial score (nSPS) is 17.0. The second kappa shape index (κ2) is 9.94. The van der Waals surface area contributed by atoms with E-state index in [0.29, 0.717) is 19.6 Å². The van der Waals surface area contributed by atoms with Gasteiger partial charge < -0.3 is 31.3 Å². The Hall–Kier alpha value is -1.06. The van der Waals surface area contributed by atoms with Gasteiger partial charge in [0.05, 0.1) is 12.7 Å². The molecule has 0 radical (unpaired) electrons. The monoisotopic (exact) mass is 328 g/mol.